The van der Waals surface area contributed by atoms with Crippen molar-refractivity contribution in [1.29, 1.82) is 0 Å². The Morgan fingerprint density at radius 3 is 2.76 bits per heavy atom. The molecule has 0 unspecified atom stereocenters. The number of rotatable bonds is 3. The Balaban J connectivity index is 2.21. The number of hydrogen-bond acceptors (Lipinski definition) is 4. The minimum absolute atomic E-state index is 0.378. The SMILES string of the molecule is CCc1c(C(=O)OC)cnn1-c1nc2ccccc2n1C. The monoisotopic (exact) mass is 284 g/mol. The molecule has 0 N–H and O–H groups in total. The highest BCUT2D eigenvalue weighted by Gasteiger charge is 2.20. The van der Waals surface area contributed by atoms with Gasteiger partial charge in [-0.3, -0.25) is 0 Å². The molecule has 0 bridgehead atoms. The average Bonchev–Trinajstić information content (AvgIpc) is 3.08. The van der Waals surface area contributed by atoms with E-state index in [1.807, 2.05) is 42.8 Å². The van der Waals surface area contributed by atoms with Gasteiger partial charge in [0.25, 0.3) is 0 Å². The molecule has 0 aliphatic heterocycles. The minimum atomic E-state index is -0.378. The maximum atomic E-state index is 11.8. The van der Waals surface area contributed by atoms with E-state index in [4.69, 9.17) is 4.74 Å². The summed E-state index contributed by atoms with van der Waals surface area (Å²) in [5.74, 6) is 0.306. The van der Waals surface area contributed by atoms with Gasteiger partial charge in [-0.2, -0.15) is 5.10 Å². The number of para-hydroxylation sites is 2. The van der Waals surface area contributed by atoms with E-state index in [0.29, 0.717) is 17.9 Å². The van der Waals surface area contributed by atoms with Gasteiger partial charge in [0.05, 0.1) is 30.0 Å². The Morgan fingerprint density at radius 1 is 1.33 bits per heavy atom. The molecule has 0 aliphatic rings. The molecule has 0 spiro atoms. The zero-order valence-electron chi connectivity index (χ0n) is 12.2. The number of carbonyl (C=O) groups is 1. The molecule has 0 radical (unpaired) electrons. The molecule has 6 nitrogen and oxygen atoms in total. The van der Waals surface area contributed by atoms with Crippen LogP contribution in [0.15, 0.2) is 30.5 Å². The number of fused-ring (bicyclic) bond motifs is 1. The van der Waals surface area contributed by atoms with Crippen molar-refractivity contribution in [3.8, 4) is 5.95 Å². The summed E-state index contributed by atoms with van der Waals surface area (Å²) < 4.78 is 8.46. The van der Waals surface area contributed by atoms with Crippen LogP contribution in [0.5, 0.6) is 0 Å². The normalized spacial score (nSPS) is 11.0. The molecule has 2 aromatic heterocycles. The number of methoxy groups -OCH3 is 1. The number of hydrogen-bond donors (Lipinski definition) is 0. The van der Waals surface area contributed by atoms with Gasteiger partial charge in [-0.25, -0.2) is 14.5 Å². The Bertz CT molecular complexity index is 816. The molecule has 0 saturated heterocycles. The van der Waals surface area contributed by atoms with Crippen molar-refractivity contribution in [2.45, 2.75) is 13.3 Å². The molecule has 0 fully saturated rings. The maximum absolute atomic E-state index is 11.8. The van der Waals surface area contributed by atoms with E-state index in [1.165, 1.54) is 13.3 Å². The van der Waals surface area contributed by atoms with Crippen molar-refractivity contribution in [2.24, 2.45) is 7.05 Å². The zero-order chi connectivity index (χ0) is 15.0. The predicted octanol–water partition coefficient (Wildman–Crippen LogP) is 2.11. The van der Waals surface area contributed by atoms with Crippen LogP contribution < -0.4 is 0 Å². The lowest BCUT2D eigenvalue weighted by Crippen LogP contribution is -2.10. The lowest BCUT2D eigenvalue weighted by molar-refractivity contribution is 0.0599. The highest BCUT2D eigenvalue weighted by atomic mass is 16.5. The van der Waals surface area contributed by atoms with Crippen LogP contribution in [0, 0.1) is 0 Å². The van der Waals surface area contributed by atoms with Gasteiger partial charge in [0.1, 0.15) is 5.56 Å². The summed E-state index contributed by atoms with van der Waals surface area (Å²) in [7, 11) is 3.30. The zero-order valence-corrected chi connectivity index (χ0v) is 12.2. The van der Waals surface area contributed by atoms with Crippen LogP contribution in [0.1, 0.15) is 23.0 Å². The van der Waals surface area contributed by atoms with Crippen LogP contribution in [-0.4, -0.2) is 32.4 Å². The Morgan fingerprint density at radius 2 is 2.10 bits per heavy atom. The summed E-state index contributed by atoms with van der Waals surface area (Å²) >= 11 is 0. The van der Waals surface area contributed by atoms with Gasteiger partial charge in [0.15, 0.2) is 0 Å². The van der Waals surface area contributed by atoms with E-state index in [1.54, 1.807) is 4.68 Å². The largest absolute Gasteiger partial charge is 0.465 e. The molecular formula is C15H16N4O2. The molecule has 0 amide bonds. The van der Waals surface area contributed by atoms with Crippen molar-refractivity contribution in [1.82, 2.24) is 19.3 Å². The average molecular weight is 284 g/mol. The van der Waals surface area contributed by atoms with Crippen LogP contribution in [-0.2, 0) is 18.2 Å². The number of aryl methyl sites for hydroxylation is 1. The van der Waals surface area contributed by atoms with Gasteiger partial charge in [-0.05, 0) is 18.6 Å². The lowest BCUT2D eigenvalue weighted by atomic mass is 10.2. The molecule has 108 valence electrons. The number of carbonyl (C=O) groups excluding carboxylic acids is 1. The predicted molar refractivity (Wildman–Crippen MR) is 78.6 cm³/mol. The molecule has 1 aromatic carbocycles. The van der Waals surface area contributed by atoms with Crippen LogP contribution in [0.2, 0.25) is 0 Å². The molecule has 3 rings (SSSR count). The van der Waals surface area contributed by atoms with Crippen molar-refractivity contribution in [3.63, 3.8) is 0 Å². The fraction of sp³-hybridized carbons (Fsp3) is 0.267. The number of ether oxygens (including phenoxy) is 1. The van der Waals surface area contributed by atoms with Gasteiger partial charge >= 0.3 is 5.97 Å². The van der Waals surface area contributed by atoms with Crippen molar-refractivity contribution < 1.29 is 9.53 Å². The number of esters is 1. The summed E-state index contributed by atoms with van der Waals surface area (Å²) in [6.45, 7) is 1.97. The third-order valence-electron chi connectivity index (χ3n) is 3.56. The highest BCUT2D eigenvalue weighted by Crippen LogP contribution is 2.20. The molecule has 0 aliphatic carbocycles. The van der Waals surface area contributed by atoms with Crippen LogP contribution in [0.25, 0.3) is 17.0 Å². The first kappa shape index (κ1) is 13.4. The molecule has 3 aromatic rings. The standard InChI is InChI=1S/C15H16N4O2/c1-4-12-10(14(20)21-3)9-16-19(12)15-17-11-7-5-6-8-13(11)18(15)2/h5-9H,4H2,1-3H3. The molecular weight excluding hydrogens is 268 g/mol. The first-order valence-electron chi connectivity index (χ1n) is 6.74. The topological polar surface area (TPSA) is 61.9 Å². The van der Waals surface area contributed by atoms with E-state index < -0.39 is 0 Å². The summed E-state index contributed by atoms with van der Waals surface area (Å²) in [5.41, 5.74) is 3.18. The van der Waals surface area contributed by atoms with Crippen molar-refractivity contribution in [3.05, 3.63) is 41.7 Å². The molecule has 0 saturated carbocycles. The Hall–Kier alpha value is -2.63. The maximum Gasteiger partial charge on any atom is 0.341 e. The molecule has 0 atom stereocenters. The number of benzene rings is 1. The number of imidazole rings is 1. The first-order valence-corrected chi connectivity index (χ1v) is 6.74. The fourth-order valence-corrected chi connectivity index (χ4v) is 2.49. The van der Waals surface area contributed by atoms with Crippen LogP contribution >= 0.6 is 0 Å². The summed E-state index contributed by atoms with van der Waals surface area (Å²) in [6.07, 6.45) is 2.19. The van der Waals surface area contributed by atoms with Gasteiger partial charge in [-0.1, -0.05) is 19.1 Å². The summed E-state index contributed by atoms with van der Waals surface area (Å²) in [4.78, 5) is 16.4. The van der Waals surface area contributed by atoms with Gasteiger partial charge in [-0.15, -0.1) is 0 Å². The lowest BCUT2D eigenvalue weighted by Gasteiger charge is -2.07. The summed E-state index contributed by atoms with van der Waals surface area (Å²) in [6, 6.07) is 7.87. The third-order valence-corrected chi connectivity index (χ3v) is 3.56. The highest BCUT2D eigenvalue weighted by molar-refractivity contribution is 5.90. The Kier molecular flexibility index (Phi) is 3.21. The molecule has 6 heteroatoms. The minimum Gasteiger partial charge on any atom is -0.465 e. The van der Waals surface area contributed by atoms with E-state index in [2.05, 4.69) is 10.1 Å². The van der Waals surface area contributed by atoms with Crippen LogP contribution in [0.3, 0.4) is 0 Å². The van der Waals surface area contributed by atoms with E-state index in [-0.39, 0.29) is 5.97 Å². The van der Waals surface area contributed by atoms with Crippen molar-refractivity contribution >= 4 is 17.0 Å². The molecule has 2 heterocycles. The second kappa shape index (κ2) is 5.05. The number of aromatic nitrogens is 4. The third kappa shape index (κ3) is 1.99. The van der Waals surface area contributed by atoms with Gasteiger partial charge in [0.2, 0.25) is 5.95 Å². The smallest absolute Gasteiger partial charge is 0.341 e. The fourth-order valence-electron chi connectivity index (χ4n) is 2.49. The van der Waals surface area contributed by atoms with E-state index in [9.17, 15) is 4.79 Å². The molecule has 21 heavy (non-hydrogen) atoms. The van der Waals surface area contributed by atoms with Gasteiger partial charge in [0, 0.05) is 7.05 Å². The van der Waals surface area contributed by atoms with E-state index in [0.717, 1.165) is 16.7 Å². The Labute approximate surface area is 122 Å². The quantitative estimate of drug-likeness (QED) is 0.691. The number of nitrogens with zero attached hydrogens (tertiary/aromatic N) is 4. The van der Waals surface area contributed by atoms with Crippen molar-refractivity contribution in [2.75, 3.05) is 7.11 Å². The van der Waals surface area contributed by atoms with E-state index >= 15 is 0 Å². The summed E-state index contributed by atoms with van der Waals surface area (Å²) in [5, 5.41) is 4.31. The second-order valence-corrected chi connectivity index (χ2v) is 4.72. The first-order chi connectivity index (χ1) is 10.2. The van der Waals surface area contributed by atoms with Crippen LogP contribution in [0.4, 0.5) is 0 Å². The van der Waals surface area contributed by atoms with Gasteiger partial charge < -0.3 is 9.30 Å². The second-order valence-electron chi connectivity index (χ2n) is 4.72.